The molecule has 8 aromatic carbocycles. The third-order valence-corrected chi connectivity index (χ3v) is 10.3. The Morgan fingerprint density at radius 3 is 1.29 bits per heavy atom. The monoisotopic (exact) mass is 725 g/mol. The van der Waals surface area contributed by atoms with E-state index in [1.807, 2.05) is 91.0 Å². The molecule has 0 spiro atoms. The molecule has 268 valence electrons. The number of esters is 2. The quantitative estimate of drug-likeness (QED) is 0.115. The summed E-state index contributed by atoms with van der Waals surface area (Å²) in [7, 11) is 0. The first-order valence-corrected chi connectivity index (χ1v) is 18.5. The lowest BCUT2D eigenvalue weighted by atomic mass is 9.62. The summed E-state index contributed by atoms with van der Waals surface area (Å²) in [5.41, 5.74) is 9.55. The number of anilines is 3. The fourth-order valence-electron chi connectivity index (χ4n) is 7.79. The smallest absolute Gasteiger partial charge is 0.343 e. The number of benzene rings is 8. The highest BCUT2D eigenvalue weighted by Gasteiger charge is 2.46. The minimum atomic E-state index is -0.829. The van der Waals surface area contributed by atoms with Gasteiger partial charge in [0.15, 0.2) is 0 Å². The number of para-hydroxylation sites is 2. The van der Waals surface area contributed by atoms with Crippen molar-refractivity contribution in [2.45, 2.75) is 5.41 Å². The van der Waals surface area contributed by atoms with Crippen LogP contribution in [0.3, 0.4) is 0 Å². The second-order valence-corrected chi connectivity index (χ2v) is 13.6. The molecule has 1 aliphatic heterocycles. The van der Waals surface area contributed by atoms with Crippen molar-refractivity contribution >= 4 is 29.0 Å². The molecule has 0 saturated carbocycles. The van der Waals surface area contributed by atoms with Gasteiger partial charge in [0.05, 0.1) is 27.9 Å². The molecule has 0 radical (unpaired) electrons. The highest BCUT2D eigenvalue weighted by molar-refractivity contribution is 5.93. The Morgan fingerprint density at radius 2 is 0.804 bits per heavy atom. The van der Waals surface area contributed by atoms with E-state index in [4.69, 9.17) is 9.47 Å². The van der Waals surface area contributed by atoms with Crippen LogP contribution in [-0.4, -0.2) is 11.9 Å². The lowest BCUT2D eigenvalue weighted by Gasteiger charge is -2.46. The highest BCUT2D eigenvalue weighted by atomic mass is 16.5. The summed E-state index contributed by atoms with van der Waals surface area (Å²) in [4.78, 5) is 28.4. The fourth-order valence-corrected chi connectivity index (χ4v) is 7.79. The second kappa shape index (κ2) is 14.7. The molecule has 9 rings (SSSR count). The molecule has 5 nitrogen and oxygen atoms in total. The lowest BCUT2D eigenvalue weighted by molar-refractivity contribution is 0.0725. The van der Waals surface area contributed by atoms with E-state index in [0.717, 1.165) is 50.4 Å². The van der Waals surface area contributed by atoms with Crippen LogP contribution in [0.25, 0.3) is 11.1 Å². The third kappa shape index (κ3) is 6.21. The zero-order chi connectivity index (χ0) is 37.9. The average Bonchev–Trinajstić information content (AvgIpc) is 3.27. The maximum atomic E-state index is 13.0. The molecule has 0 aliphatic carbocycles. The van der Waals surface area contributed by atoms with Gasteiger partial charge in [-0.25, -0.2) is 9.59 Å². The predicted octanol–water partition coefficient (Wildman–Crippen LogP) is 12.0. The van der Waals surface area contributed by atoms with Gasteiger partial charge in [0.25, 0.3) is 0 Å². The van der Waals surface area contributed by atoms with Crippen molar-refractivity contribution in [3.8, 4) is 22.6 Å². The van der Waals surface area contributed by atoms with Crippen LogP contribution >= 0.6 is 0 Å². The Balaban J connectivity index is 1.20. The summed E-state index contributed by atoms with van der Waals surface area (Å²) in [6.07, 6.45) is 0. The molecule has 1 heterocycles. The maximum absolute atomic E-state index is 13.0. The summed E-state index contributed by atoms with van der Waals surface area (Å²) in [6.45, 7) is 0. The molecule has 0 saturated heterocycles. The number of hydrogen-bond acceptors (Lipinski definition) is 5. The van der Waals surface area contributed by atoms with E-state index in [9.17, 15) is 9.59 Å². The second-order valence-electron chi connectivity index (χ2n) is 13.6. The van der Waals surface area contributed by atoms with Crippen LogP contribution in [0, 0.1) is 0 Å². The Hall–Kier alpha value is -7.50. The lowest BCUT2D eigenvalue weighted by Crippen LogP contribution is -2.37. The van der Waals surface area contributed by atoms with E-state index in [1.165, 1.54) is 0 Å². The van der Waals surface area contributed by atoms with Gasteiger partial charge in [0.2, 0.25) is 0 Å². The Bertz CT molecular complexity index is 2510. The number of carbonyl (C=O) groups is 2. The summed E-state index contributed by atoms with van der Waals surface area (Å²) in [5, 5.41) is 0. The molecule has 5 heteroatoms. The molecular formula is C51H35NO4. The van der Waals surface area contributed by atoms with Crippen LogP contribution in [-0.2, 0) is 5.41 Å². The molecule has 8 aromatic rings. The topological polar surface area (TPSA) is 55.8 Å². The van der Waals surface area contributed by atoms with Gasteiger partial charge < -0.3 is 14.4 Å². The number of rotatable bonds is 8. The Labute approximate surface area is 325 Å². The Morgan fingerprint density at radius 1 is 0.393 bits per heavy atom. The highest BCUT2D eigenvalue weighted by Crippen LogP contribution is 2.58. The fraction of sp³-hybridized carbons (Fsp3) is 0.0196. The van der Waals surface area contributed by atoms with Crippen LogP contribution < -0.4 is 14.4 Å². The number of ether oxygens (including phenoxy) is 2. The van der Waals surface area contributed by atoms with Crippen molar-refractivity contribution in [3.63, 3.8) is 0 Å². The van der Waals surface area contributed by atoms with Gasteiger partial charge in [-0.05, 0) is 106 Å². The van der Waals surface area contributed by atoms with Crippen molar-refractivity contribution in [2.75, 3.05) is 4.90 Å². The summed E-state index contributed by atoms with van der Waals surface area (Å²) in [5.74, 6) is 0.0428. The van der Waals surface area contributed by atoms with Gasteiger partial charge in [0, 0.05) is 5.69 Å². The first kappa shape index (κ1) is 34.3. The predicted molar refractivity (Wildman–Crippen MR) is 221 cm³/mol. The average molecular weight is 726 g/mol. The summed E-state index contributed by atoms with van der Waals surface area (Å²) in [6, 6.07) is 69.6. The van der Waals surface area contributed by atoms with Gasteiger partial charge in [-0.2, -0.15) is 0 Å². The van der Waals surface area contributed by atoms with E-state index in [0.29, 0.717) is 22.6 Å². The molecule has 0 fully saturated rings. The zero-order valence-corrected chi connectivity index (χ0v) is 30.3. The van der Waals surface area contributed by atoms with Crippen molar-refractivity contribution in [1.29, 1.82) is 0 Å². The molecule has 56 heavy (non-hydrogen) atoms. The van der Waals surface area contributed by atoms with Gasteiger partial charge >= 0.3 is 11.9 Å². The van der Waals surface area contributed by atoms with E-state index in [2.05, 4.69) is 102 Å². The van der Waals surface area contributed by atoms with Gasteiger partial charge in [-0.1, -0.05) is 140 Å². The molecule has 0 amide bonds. The summed E-state index contributed by atoms with van der Waals surface area (Å²) >= 11 is 0. The molecule has 0 aromatic heterocycles. The molecule has 0 unspecified atom stereocenters. The summed E-state index contributed by atoms with van der Waals surface area (Å²) < 4.78 is 11.7. The van der Waals surface area contributed by atoms with E-state index >= 15 is 0 Å². The van der Waals surface area contributed by atoms with Gasteiger partial charge in [0.1, 0.15) is 11.5 Å². The molecule has 0 bridgehead atoms. The van der Waals surface area contributed by atoms with Crippen LogP contribution in [0.2, 0.25) is 0 Å². The first-order chi connectivity index (χ1) is 27.6. The molecule has 1 aliphatic rings. The minimum absolute atomic E-state index is 0.421. The number of carbonyl (C=O) groups excluding carboxylic acids is 2. The van der Waals surface area contributed by atoms with E-state index < -0.39 is 17.4 Å². The largest absolute Gasteiger partial charge is 0.423 e. The van der Waals surface area contributed by atoms with Crippen molar-refractivity contribution < 1.29 is 19.1 Å². The number of nitrogens with zero attached hydrogens (tertiary/aromatic N) is 1. The molecule has 0 atom stereocenters. The van der Waals surface area contributed by atoms with Crippen molar-refractivity contribution in [3.05, 3.63) is 246 Å². The minimum Gasteiger partial charge on any atom is -0.423 e. The van der Waals surface area contributed by atoms with Crippen LogP contribution in [0.5, 0.6) is 11.5 Å². The molecule has 0 N–H and O–H groups in total. The van der Waals surface area contributed by atoms with E-state index in [-0.39, 0.29) is 0 Å². The van der Waals surface area contributed by atoms with Crippen LogP contribution in [0.1, 0.15) is 43.0 Å². The first-order valence-electron chi connectivity index (χ1n) is 18.5. The van der Waals surface area contributed by atoms with Crippen molar-refractivity contribution in [1.82, 2.24) is 0 Å². The SMILES string of the molecule is O=C(Oc1ccc(C2(c3ccc(OC(=O)c4ccccc4)cc3)c3ccccc3N(c3cccc(-c4ccccc4)c3)c3ccccc32)cc1)c1ccccc1. The van der Waals surface area contributed by atoms with E-state index in [1.54, 1.807) is 24.3 Å². The molecular weight excluding hydrogens is 691 g/mol. The van der Waals surface area contributed by atoms with Crippen molar-refractivity contribution in [2.24, 2.45) is 0 Å². The number of fused-ring (bicyclic) bond motifs is 2. The Kier molecular flexibility index (Phi) is 9.02. The van der Waals surface area contributed by atoms with Crippen LogP contribution in [0.4, 0.5) is 17.1 Å². The standard InChI is InChI=1S/C51H35NO4/c53-49(37-17-6-2-7-18-37)55-43-31-27-40(28-32-43)51(41-29-33-44(34-30-41)56-50(54)38-19-8-3-9-20-38)45-23-10-12-25-47(45)52(48-26-13-11-24-46(48)51)42-22-14-21-39(35-42)36-15-4-1-5-16-36/h1-35H. The zero-order valence-electron chi connectivity index (χ0n) is 30.3. The normalized spacial score (nSPS) is 12.5. The third-order valence-electron chi connectivity index (χ3n) is 10.3. The van der Waals surface area contributed by atoms with Gasteiger partial charge in [-0.15, -0.1) is 0 Å². The number of hydrogen-bond donors (Lipinski definition) is 0. The van der Waals surface area contributed by atoms with Gasteiger partial charge in [-0.3, -0.25) is 0 Å². The van der Waals surface area contributed by atoms with Crippen LogP contribution in [0.15, 0.2) is 212 Å². The maximum Gasteiger partial charge on any atom is 0.343 e.